The Morgan fingerprint density at radius 3 is 2.67 bits per heavy atom. The topological polar surface area (TPSA) is 114 Å². The predicted molar refractivity (Wildman–Crippen MR) is 101 cm³/mol. The van der Waals surface area contributed by atoms with Gasteiger partial charge in [-0.1, -0.05) is 26.0 Å². The van der Waals surface area contributed by atoms with E-state index in [2.05, 4.69) is 24.4 Å². The fraction of sp³-hybridized carbons (Fsp3) is 0.263. The summed E-state index contributed by atoms with van der Waals surface area (Å²) in [6.07, 6.45) is 2.17. The number of nitro groups is 1. The second-order valence-corrected chi connectivity index (χ2v) is 5.96. The molecule has 2 N–H and O–H groups in total. The van der Waals surface area contributed by atoms with Gasteiger partial charge in [-0.15, -0.1) is 0 Å². The predicted octanol–water partition coefficient (Wildman–Crippen LogP) is 3.34. The summed E-state index contributed by atoms with van der Waals surface area (Å²) in [5, 5.41) is 24.1. The Balaban J connectivity index is 1.87. The van der Waals surface area contributed by atoms with E-state index in [-0.39, 0.29) is 23.6 Å². The van der Waals surface area contributed by atoms with E-state index in [0.717, 1.165) is 18.7 Å². The number of phenolic OH excluding ortho intramolecular Hbond substituents is 1. The molecule has 2 aromatic rings. The van der Waals surface area contributed by atoms with Crippen LogP contribution in [0.3, 0.4) is 0 Å². The summed E-state index contributed by atoms with van der Waals surface area (Å²) in [5.41, 5.74) is 3.37. The monoisotopic (exact) mass is 371 g/mol. The third kappa shape index (κ3) is 5.81. The van der Waals surface area contributed by atoms with Gasteiger partial charge in [0.2, 0.25) is 0 Å². The van der Waals surface area contributed by atoms with Crippen LogP contribution in [0.25, 0.3) is 0 Å². The molecule has 8 heteroatoms. The van der Waals surface area contributed by atoms with Gasteiger partial charge in [0.1, 0.15) is 11.5 Å². The largest absolute Gasteiger partial charge is 0.507 e. The van der Waals surface area contributed by atoms with Crippen molar-refractivity contribution in [3.63, 3.8) is 0 Å². The van der Waals surface area contributed by atoms with Crippen LogP contribution in [0.2, 0.25) is 0 Å². The molecule has 0 saturated carbocycles. The van der Waals surface area contributed by atoms with E-state index >= 15 is 0 Å². The van der Waals surface area contributed by atoms with Crippen molar-refractivity contribution < 1.29 is 19.6 Å². The second-order valence-electron chi connectivity index (χ2n) is 5.96. The minimum atomic E-state index is -0.588. The first kappa shape index (κ1) is 19.9. The molecule has 1 atom stereocenters. The lowest BCUT2D eigenvalue weighted by Gasteiger charge is -2.10. The number of nitro benzene ring substituents is 1. The molecule has 0 fully saturated rings. The average molecular weight is 371 g/mol. The summed E-state index contributed by atoms with van der Waals surface area (Å²) in [7, 11) is 0. The Morgan fingerprint density at radius 2 is 2.04 bits per heavy atom. The van der Waals surface area contributed by atoms with Crippen LogP contribution in [-0.4, -0.2) is 28.8 Å². The zero-order valence-electron chi connectivity index (χ0n) is 15.1. The van der Waals surface area contributed by atoms with Gasteiger partial charge in [-0.3, -0.25) is 14.9 Å². The van der Waals surface area contributed by atoms with Crippen molar-refractivity contribution in [2.24, 2.45) is 5.10 Å². The van der Waals surface area contributed by atoms with E-state index in [4.69, 9.17) is 4.74 Å². The number of ether oxygens (including phenoxy) is 1. The van der Waals surface area contributed by atoms with E-state index < -0.39 is 10.8 Å². The molecule has 0 bridgehead atoms. The van der Waals surface area contributed by atoms with Crippen molar-refractivity contribution in [1.29, 1.82) is 0 Å². The zero-order valence-corrected chi connectivity index (χ0v) is 15.1. The van der Waals surface area contributed by atoms with Crippen LogP contribution in [0.15, 0.2) is 47.6 Å². The molecule has 2 rings (SSSR count). The lowest BCUT2D eigenvalue weighted by atomic mass is 9.99. The number of rotatable bonds is 8. The van der Waals surface area contributed by atoms with E-state index in [9.17, 15) is 20.0 Å². The maximum atomic E-state index is 11.8. The highest BCUT2D eigenvalue weighted by Crippen LogP contribution is 2.22. The van der Waals surface area contributed by atoms with Crippen molar-refractivity contribution in [3.8, 4) is 11.5 Å². The lowest BCUT2D eigenvalue weighted by Crippen LogP contribution is -2.24. The zero-order chi connectivity index (χ0) is 19.8. The van der Waals surface area contributed by atoms with Crippen molar-refractivity contribution in [2.45, 2.75) is 26.2 Å². The van der Waals surface area contributed by atoms with Crippen molar-refractivity contribution >= 4 is 17.8 Å². The molecule has 1 amide bonds. The number of nitrogens with one attached hydrogen (secondary N) is 1. The number of non-ortho nitro benzene ring substituents is 1. The molecule has 8 nitrogen and oxygen atoms in total. The van der Waals surface area contributed by atoms with Crippen LogP contribution in [0.5, 0.6) is 11.5 Å². The summed E-state index contributed by atoms with van der Waals surface area (Å²) in [4.78, 5) is 21.9. The second kappa shape index (κ2) is 9.33. The third-order valence-corrected chi connectivity index (χ3v) is 4.05. The van der Waals surface area contributed by atoms with Crippen LogP contribution in [0, 0.1) is 10.1 Å². The average Bonchev–Trinajstić information content (AvgIpc) is 2.67. The Morgan fingerprint density at radius 1 is 1.33 bits per heavy atom. The third-order valence-electron chi connectivity index (χ3n) is 4.05. The van der Waals surface area contributed by atoms with E-state index in [0.29, 0.717) is 11.7 Å². The van der Waals surface area contributed by atoms with Gasteiger partial charge in [-0.2, -0.15) is 5.10 Å². The lowest BCUT2D eigenvalue weighted by molar-refractivity contribution is -0.384. The van der Waals surface area contributed by atoms with Gasteiger partial charge in [-0.05, 0) is 36.1 Å². The van der Waals surface area contributed by atoms with Crippen molar-refractivity contribution in [2.75, 3.05) is 6.61 Å². The smallest absolute Gasteiger partial charge is 0.277 e. The molecule has 0 aliphatic heterocycles. The number of aromatic hydroxyl groups is 1. The molecule has 0 aromatic heterocycles. The number of phenols is 1. The first-order chi connectivity index (χ1) is 12.9. The fourth-order valence-electron chi connectivity index (χ4n) is 2.24. The van der Waals surface area contributed by atoms with Crippen molar-refractivity contribution in [1.82, 2.24) is 5.43 Å². The minimum absolute atomic E-state index is 0.117. The number of amides is 1. The molecule has 1 unspecified atom stereocenters. The fourth-order valence-corrected chi connectivity index (χ4v) is 2.24. The summed E-state index contributed by atoms with van der Waals surface area (Å²) >= 11 is 0. The van der Waals surface area contributed by atoms with E-state index in [1.165, 1.54) is 17.7 Å². The minimum Gasteiger partial charge on any atom is -0.507 e. The normalized spacial score (nSPS) is 11.9. The van der Waals surface area contributed by atoms with Gasteiger partial charge in [0.05, 0.1) is 11.1 Å². The number of nitrogens with zero attached hydrogens (tertiary/aromatic N) is 2. The van der Waals surface area contributed by atoms with Gasteiger partial charge in [-0.25, -0.2) is 5.43 Å². The number of carbonyl (C=O) groups is 1. The Kier molecular flexibility index (Phi) is 6.87. The molecule has 2 aromatic carbocycles. The summed E-state index contributed by atoms with van der Waals surface area (Å²) in [6.45, 7) is 4.02. The van der Waals surface area contributed by atoms with Crippen LogP contribution in [0.4, 0.5) is 5.69 Å². The molecular weight excluding hydrogens is 350 g/mol. The SMILES string of the molecule is CCC(C)c1ccc(OCC(=O)N/N=C/c2cc([N+](=O)[O-])ccc2O)cc1. The molecule has 142 valence electrons. The quantitative estimate of drug-likeness (QED) is 0.420. The van der Waals surface area contributed by atoms with Crippen LogP contribution in [0.1, 0.15) is 37.3 Å². The molecule has 0 saturated heterocycles. The molecule has 27 heavy (non-hydrogen) atoms. The maximum absolute atomic E-state index is 11.8. The molecule has 0 aliphatic carbocycles. The molecule has 0 spiro atoms. The summed E-state index contributed by atoms with van der Waals surface area (Å²) in [5.74, 6) is 0.345. The highest BCUT2D eigenvalue weighted by molar-refractivity contribution is 5.86. The van der Waals surface area contributed by atoms with Crippen LogP contribution in [-0.2, 0) is 4.79 Å². The highest BCUT2D eigenvalue weighted by Gasteiger charge is 2.09. The Labute approximate surface area is 156 Å². The Bertz CT molecular complexity index is 834. The molecule has 0 aliphatic rings. The summed E-state index contributed by atoms with van der Waals surface area (Å²) in [6, 6.07) is 11.0. The van der Waals surface area contributed by atoms with Gasteiger partial charge < -0.3 is 9.84 Å². The van der Waals surface area contributed by atoms with Gasteiger partial charge in [0.25, 0.3) is 11.6 Å². The van der Waals surface area contributed by atoms with E-state index in [1.807, 2.05) is 12.1 Å². The standard InChI is InChI=1S/C19H21N3O5/c1-3-13(2)14-4-7-17(8-5-14)27-12-19(24)21-20-11-15-10-16(22(25)26)6-9-18(15)23/h4-11,13,23H,3,12H2,1-2H3,(H,21,24)/b20-11+. The summed E-state index contributed by atoms with van der Waals surface area (Å²) < 4.78 is 5.39. The number of hydrogen-bond donors (Lipinski definition) is 2. The van der Waals surface area contributed by atoms with Gasteiger partial charge in [0, 0.05) is 17.7 Å². The Hall–Kier alpha value is -3.42. The first-order valence-corrected chi connectivity index (χ1v) is 8.42. The van der Waals surface area contributed by atoms with Crippen molar-refractivity contribution in [3.05, 3.63) is 63.7 Å². The number of hydrogen-bond acceptors (Lipinski definition) is 6. The number of benzene rings is 2. The highest BCUT2D eigenvalue weighted by atomic mass is 16.6. The van der Waals surface area contributed by atoms with Gasteiger partial charge >= 0.3 is 0 Å². The van der Waals surface area contributed by atoms with Crippen LogP contribution < -0.4 is 10.2 Å². The van der Waals surface area contributed by atoms with E-state index in [1.54, 1.807) is 12.1 Å². The molecule has 0 radical (unpaired) electrons. The first-order valence-electron chi connectivity index (χ1n) is 8.42. The molecule has 0 heterocycles. The van der Waals surface area contributed by atoms with Gasteiger partial charge in [0.15, 0.2) is 6.61 Å². The number of hydrazone groups is 1. The molecular formula is C19H21N3O5. The number of carbonyl (C=O) groups excluding carboxylic acids is 1. The maximum Gasteiger partial charge on any atom is 0.277 e. The van der Waals surface area contributed by atoms with Crippen LogP contribution >= 0.6 is 0 Å².